The van der Waals surface area contributed by atoms with Crippen molar-refractivity contribution < 1.29 is 22.4 Å². The largest absolute Gasteiger partial charge is 0.352 e. The van der Waals surface area contributed by atoms with Crippen molar-refractivity contribution in [3.8, 4) is 0 Å². The lowest BCUT2D eigenvalue weighted by atomic mass is 9.94. The predicted molar refractivity (Wildman–Crippen MR) is 190 cm³/mol. The molecule has 252 valence electrons. The number of sulfonamides is 1. The monoisotopic (exact) mass is 687 g/mol. The van der Waals surface area contributed by atoms with Gasteiger partial charge in [0.25, 0.3) is 10.0 Å². The molecule has 0 radical (unpaired) electrons. The molecule has 0 aromatic heterocycles. The Hall–Kier alpha value is -4.15. The second kappa shape index (κ2) is 16.3. The smallest absolute Gasteiger partial charge is 0.264 e. The first-order valence-corrected chi connectivity index (χ1v) is 18.9. The Morgan fingerprint density at radius 2 is 1.52 bits per heavy atom. The van der Waals surface area contributed by atoms with E-state index in [4.69, 9.17) is 0 Å². The summed E-state index contributed by atoms with van der Waals surface area (Å²) < 4.78 is 44.8. The second-order valence-corrected chi connectivity index (χ2v) is 14.9. The number of nitrogens with zero attached hydrogens (tertiary/aromatic N) is 2. The molecule has 1 saturated carbocycles. The molecule has 2 amide bonds. The molecule has 10 heteroatoms. The molecule has 1 N–H and O–H groups in total. The zero-order valence-electron chi connectivity index (χ0n) is 27.3. The number of carbonyl (C=O) groups is 2. The summed E-state index contributed by atoms with van der Waals surface area (Å²) in [5.41, 5.74) is 2.28. The summed E-state index contributed by atoms with van der Waals surface area (Å²) in [5.74, 6) is -1.48. The molecular weight excluding hydrogens is 646 g/mol. The maximum absolute atomic E-state index is 15.2. The fraction of sp³-hybridized carbons (Fsp3) is 0.316. The highest BCUT2D eigenvalue weighted by Crippen LogP contribution is 2.27. The third-order valence-electron chi connectivity index (χ3n) is 8.77. The van der Waals surface area contributed by atoms with Crippen LogP contribution in [0.3, 0.4) is 0 Å². The summed E-state index contributed by atoms with van der Waals surface area (Å²) in [4.78, 5) is 31.1. The lowest BCUT2D eigenvalue weighted by Gasteiger charge is -2.35. The third kappa shape index (κ3) is 8.85. The average Bonchev–Trinajstić information content (AvgIpc) is 3.10. The topological polar surface area (TPSA) is 86.8 Å². The standard InChI is InChI=1S/C38H42FN3O4S2/c1-28-17-19-32(20-18-28)42(48(45,46)34-23-21-33(47-2)22-24-34)27-37(43)41(26-30-13-9-10-16-35(30)39)36(25-29-11-5-3-6-12-29)38(44)40-31-14-7-4-8-15-31/h3,5-6,9-13,16-24,31,36H,4,7-8,14-15,25-27H2,1-2H3,(H,40,44)/t36-/m1/s1. The lowest BCUT2D eigenvalue weighted by molar-refractivity contribution is -0.140. The van der Waals surface area contributed by atoms with E-state index in [9.17, 15) is 18.0 Å². The summed E-state index contributed by atoms with van der Waals surface area (Å²) in [6.45, 7) is 1.08. The summed E-state index contributed by atoms with van der Waals surface area (Å²) in [6, 6.07) is 27.9. The minimum absolute atomic E-state index is 0.0244. The van der Waals surface area contributed by atoms with Crippen molar-refractivity contribution in [2.75, 3.05) is 17.1 Å². The molecule has 0 unspecified atom stereocenters. The average molecular weight is 688 g/mol. The van der Waals surface area contributed by atoms with Crippen molar-refractivity contribution in [2.45, 2.75) is 73.9 Å². The maximum atomic E-state index is 15.2. The highest BCUT2D eigenvalue weighted by molar-refractivity contribution is 7.98. The molecule has 0 saturated heterocycles. The Labute approximate surface area is 287 Å². The number of hydrogen-bond donors (Lipinski definition) is 1. The van der Waals surface area contributed by atoms with Gasteiger partial charge in [0.15, 0.2) is 0 Å². The SMILES string of the molecule is CSc1ccc(S(=O)(=O)N(CC(=O)N(Cc2ccccc2F)[C@H](Cc2ccccc2)C(=O)NC2CCCCC2)c2ccc(C)cc2)cc1. The van der Waals surface area contributed by atoms with Crippen LogP contribution in [0.4, 0.5) is 10.1 Å². The Bertz CT molecular complexity index is 1780. The Balaban J connectivity index is 1.56. The normalized spacial score (nSPS) is 14.2. The number of halogens is 1. The van der Waals surface area contributed by atoms with Gasteiger partial charge in [0, 0.05) is 29.5 Å². The van der Waals surface area contributed by atoms with Crippen LogP contribution in [0, 0.1) is 12.7 Å². The fourth-order valence-electron chi connectivity index (χ4n) is 6.02. The number of hydrogen-bond acceptors (Lipinski definition) is 5. The molecule has 1 atom stereocenters. The van der Waals surface area contributed by atoms with Gasteiger partial charge in [0.05, 0.1) is 10.6 Å². The molecular formula is C38H42FN3O4S2. The van der Waals surface area contributed by atoms with Crippen LogP contribution < -0.4 is 9.62 Å². The quantitative estimate of drug-likeness (QED) is 0.151. The van der Waals surface area contributed by atoms with Crippen LogP contribution in [0.15, 0.2) is 113 Å². The van der Waals surface area contributed by atoms with Gasteiger partial charge >= 0.3 is 0 Å². The molecule has 1 fully saturated rings. The molecule has 0 bridgehead atoms. The van der Waals surface area contributed by atoms with E-state index in [-0.39, 0.29) is 35.4 Å². The lowest BCUT2D eigenvalue weighted by Crippen LogP contribution is -2.55. The van der Waals surface area contributed by atoms with E-state index in [0.29, 0.717) is 5.69 Å². The van der Waals surface area contributed by atoms with E-state index >= 15 is 4.39 Å². The zero-order valence-corrected chi connectivity index (χ0v) is 29.0. The number of carbonyl (C=O) groups excluding carboxylic acids is 2. The summed E-state index contributed by atoms with van der Waals surface area (Å²) in [6.07, 6.45) is 6.90. The molecule has 4 aromatic rings. The van der Waals surface area contributed by atoms with Crippen molar-refractivity contribution in [3.63, 3.8) is 0 Å². The first kappa shape index (κ1) is 35.2. The number of anilines is 1. The van der Waals surface area contributed by atoms with Gasteiger partial charge in [-0.15, -0.1) is 11.8 Å². The van der Waals surface area contributed by atoms with Crippen LogP contribution in [0.1, 0.15) is 48.8 Å². The van der Waals surface area contributed by atoms with Crippen molar-refractivity contribution in [1.29, 1.82) is 0 Å². The number of amides is 2. The van der Waals surface area contributed by atoms with Gasteiger partial charge in [0.2, 0.25) is 11.8 Å². The maximum Gasteiger partial charge on any atom is 0.264 e. The first-order valence-electron chi connectivity index (χ1n) is 16.3. The number of thioether (sulfide) groups is 1. The van der Waals surface area contributed by atoms with Gasteiger partial charge in [-0.25, -0.2) is 12.8 Å². The van der Waals surface area contributed by atoms with E-state index in [1.807, 2.05) is 43.5 Å². The van der Waals surface area contributed by atoms with Crippen molar-refractivity contribution >= 4 is 39.3 Å². The highest BCUT2D eigenvalue weighted by Gasteiger charge is 2.35. The number of rotatable bonds is 13. The Kier molecular flexibility index (Phi) is 11.9. The molecule has 1 aliphatic carbocycles. The Morgan fingerprint density at radius 3 is 2.17 bits per heavy atom. The predicted octanol–water partition coefficient (Wildman–Crippen LogP) is 7.14. The summed E-state index contributed by atoms with van der Waals surface area (Å²) >= 11 is 1.49. The first-order chi connectivity index (χ1) is 23.2. The van der Waals surface area contributed by atoms with Crippen LogP contribution in [0.5, 0.6) is 0 Å². The van der Waals surface area contributed by atoms with Crippen molar-refractivity contribution in [1.82, 2.24) is 10.2 Å². The van der Waals surface area contributed by atoms with E-state index in [2.05, 4.69) is 5.32 Å². The highest BCUT2D eigenvalue weighted by atomic mass is 32.2. The second-order valence-electron chi connectivity index (χ2n) is 12.2. The van der Waals surface area contributed by atoms with E-state index in [0.717, 1.165) is 52.4 Å². The molecule has 1 aliphatic rings. The van der Waals surface area contributed by atoms with E-state index in [1.165, 1.54) is 34.9 Å². The molecule has 7 nitrogen and oxygen atoms in total. The number of nitrogens with one attached hydrogen (secondary N) is 1. The summed E-state index contributed by atoms with van der Waals surface area (Å²) in [7, 11) is -4.23. The van der Waals surface area contributed by atoms with Crippen LogP contribution >= 0.6 is 11.8 Å². The molecule has 48 heavy (non-hydrogen) atoms. The van der Waals surface area contributed by atoms with Gasteiger partial charge in [0.1, 0.15) is 18.4 Å². The van der Waals surface area contributed by atoms with Crippen LogP contribution in [-0.4, -0.2) is 50.0 Å². The number of benzene rings is 4. The van der Waals surface area contributed by atoms with Crippen LogP contribution in [-0.2, 0) is 32.6 Å². The van der Waals surface area contributed by atoms with Gasteiger partial charge < -0.3 is 10.2 Å². The fourth-order valence-corrected chi connectivity index (χ4v) is 7.85. The van der Waals surface area contributed by atoms with E-state index < -0.39 is 34.3 Å². The molecule has 0 heterocycles. The molecule has 0 aliphatic heterocycles. The van der Waals surface area contributed by atoms with Crippen LogP contribution in [0.2, 0.25) is 0 Å². The zero-order chi connectivity index (χ0) is 34.1. The van der Waals surface area contributed by atoms with Crippen LogP contribution in [0.25, 0.3) is 0 Å². The van der Waals surface area contributed by atoms with Gasteiger partial charge in [-0.3, -0.25) is 13.9 Å². The summed E-state index contributed by atoms with van der Waals surface area (Å²) in [5, 5.41) is 3.17. The third-order valence-corrected chi connectivity index (χ3v) is 11.3. The van der Waals surface area contributed by atoms with Gasteiger partial charge in [-0.1, -0.05) is 85.5 Å². The Morgan fingerprint density at radius 1 is 0.875 bits per heavy atom. The van der Waals surface area contributed by atoms with Gasteiger partial charge in [-0.2, -0.15) is 0 Å². The molecule has 0 spiro atoms. The van der Waals surface area contributed by atoms with Crippen molar-refractivity contribution in [3.05, 3.63) is 126 Å². The van der Waals surface area contributed by atoms with Gasteiger partial charge in [-0.05, 0) is 74.0 Å². The van der Waals surface area contributed by atoms with E-state index in [1.54, 1.807) is 54.6 Å². The molecule has 5 rings (SSSR count). The van der Waals surface area contributed by atoms with Crippen molar-refractivity contribution in [2.24, 2.45) is 0 Å². The number of aryl methyl sites for hydroxylation is 1. The minimum Gasteiger partial charge on any atom is -0.352 e. The minimum atomic E-state index is -4.23. The molecule has 4 aromatic carbocycles.